The fourth-order valence-corrected chi connectivity index (χ4v) is 5.03. The van der Waals surface area contributed by atoms with Gasteiger partial charge in [-0.15, -0.1) is 0 Å². The quantitative estimate of drug-likeness (QED) is 0.461. The molecule has 0 aromatic heterocycles. The first-order valence-electron chi connectivity index (χ1n) is 10.3. The van der Waals surface area contributed by atoms with Crippen molar-refractivity contribution >= 4 is 17.7 Å². The molecule has 2 rings (SSSR count). The van der Waals surface area contributed by atoms with Gasteiger partial charge in [0.15, 0.2) is 5.78 Å². The van der Waals surface area contributed by atoms with Crippen LogP contribution >= 0.6 is 0 Å². The second-order valence-electron chi connectivity index (χ2n) is 8.91. The van der Waals surface area contributed by atoms with Crippen molar-refractivity contribution in [3.8, 4) is 0 Å². The van der Waals surface area contributed by atoms with E-state index < -0.39 is 5.41 Å². The van der Waals surface area contributed by atoms with Crippen LogP contribution in [0.2, 0.25) is 0 Å². The number of carbonyl (C=O) groups excluding carboxylic acids is 3. The zero-order valence-corrected chi connectivity index (χ0v) is 18.4. The van der Waals surface area contributed by atoms with Crippen LogP contribution in [0, 0.1) is 22.7 Å². The lowest BCUT2D eigenvalue weighted by Crippen LogP contribution is -2.55. The van der Waals surface area contributed by atoms with Crippen LogP contribution in [0.5, 0.6) is 0 Å². The predicted molar refractivity (Wildman–Crippen MR) is 112 cm³/mol. The predicted octanol–water partition coefficient (Wildman–Crippen LogP) is 4.57. The molecule has 0 bridgehead atoms. The first kappa shape index (κ1) is 23.1. The van der Waals surface area contributed by atoms with E-state index in [1.165, 1.54) is 13.8 Å². The highest BCUT2D eigenvalue weighted by Gasteiger charge is 2.58. The molecule has 1 fully saturated rings. The van der Waals surface area contributed by atoms with Crippen molar-refractivity contribution < 1.29 is 23.9 Å². The molecule has 4 atom stereocenters. The Morgan fingerprint density at radius 3 is 2.48 bits per heavy atom. The van der Waals surface area contributed by atoms with Gasteiger partial charge in [0, 0.05) is 25.7 Å². The topological polar surface area (TPSA) is 69.7 Å². The zero-order valence-electron chi connectivity index (χ0n) is 18.4. The molecule has 160 valence electrons. The highest BCUT2D eigenvalue weighted by Crippen LogP contribution is 2.61. The highest BCUT2D eigenvalue weighted by atomic mass is 16.5. The Morgan fingerprint density at radius 1 is 1.24 bits per heavy atom. The minimum absolute atomic E-state index is 0.00461. The molecule has 0 aliphatic heterocycles. The largest absolute Gasteiger partial charge is 0.465 e. The molecule has 1 saturated carbocycles. The monoisotopic (exact) mass is 402 g/mol. The lowest BCUT2D eigenvalue weighted by Gasteiger charge is -2.58. The van der Waals surface area contributed by atoms with Crippen LogP contribution in [0.1, 0.15) is 60.3 Å². The third kappa shape index (κ3) is 4.88. The average Bonchev–Trinajstić information content (AvgIpc) is 2.66. The average molecular weight is 403 g/mol. The van der Waals surface area contributed by atoms with Crippen molar-refractivity contribution in [1.82, 2.24) is 0 Å². The molecule has 5 nitrogen and oxygen atoms in total. The van der Waals surface area contributed by atoms with Gasteiger partial charge in [-0.05, 0) is 55.1 Å². The molecule has 0 saturated heterocycles. The van der Waals surface area contributed by atoms with Crippen molar-refractivity contribution in [2.24, 2.45) is 22.7 Å². The van der Waals surface area contributed by atoms with Crippen LogP contribution in [0.15, 0.2) is 36.0 Å². The molecule has 5 heteroatoms. The summed E-state index contributed by atoms with van der Waals surface area (Å²) in [6.45, 7) is 13.4. The Bertz CT molecular complexity index is 746. The second kappa shape index (κ2) is 9.10. The van der Waals surface area contributed by atoms with Crippen LogP contribution in [0.25, 0.3) is 0 Å². The molecule has 0 radical (unpaired) electrons. The number of esters is 2. The summed E-state index contributed by atoms with van der Waals surface area (Å²) in [5.41, 5.74) is 1.23. The minimum atomic E-state index is -0.494. The molecule has 0 aromatic carbocycles. The summed E-state index contributed by atoms with van der Waals surface area (Å²) >= 11 is 0. The fourth-order valence-electron chi connectivity index (χ4n) is 5.03. The zero-order chi connectivity index (χ0) is 21.8. The summed E-state index contributed by atoms with van der Waals surface area (Å²) in [7, 11) is 0. The molecule has 0 N–H and O–H groups in total. The van der Waals surface area contributed by atoms with Crippen LogP contribution in [0.4, 0.5) is 0 Å². The lowest BCUT2D eigenvalue weighted by atomic mass is 9.46. The number of ketones is 1. The maximum Gasteiger partial charge on any atom is 0.302 e. The van der Waals surface area contributed by atoms with Gasteiger partial charge in [0.05, 0.1) is 0 Å². The van der Waals surface area contributed by atoms with Gasteiger partial charge >= 0.3 is 11.9 Å². The first-order chi connectivity index (χ1) is 13.5. The number of fused-ring (bicyclic) bond motifs is 1. The van der Waals surface area contributed by atoms with Crippen molar-refractivity contribution in [1.29, 1.82) is 0 Å². The van der Waals surface area contributed by atoms with E-state index in [1.54, 1.807) is 6.08 Å². The number of carbonyl (C=O) groups is 3. The van der Waals surface area contributed by atoms with Gasteiger partial charge in [-0.3, -0.25) is 14.4 Å². The summed E-state index contributed by atoms with van der Waals surface area (Å²) in [5.74, 6) is -0.299. The van der Waals surface area contributed by atoms with Crippen molar-refractivity contribution in [2.75, 3.05) is 13.2 Å². The molecular formula is C24H34O5. The molecule has 0 heterocycles. The minimum Gasteiger partial charge on any atom is -0.465 e. The summed E-state index contributed by atoms with van der Waals surface area (Å²) in [6, 6.07) is 0. The van der Waals surface area contributed by atoms with Gasteiger partial charge in [0.1, 0.15) is 13.2 Å². The van der Waals surface area contributed by atoms with Crippen LogP contribution in [0.3, 0.4) is 0 Å². The van der Waals surface area contributed by atoms with E-state index in [9.17, 15) is 14.4 Å². The molecule has 2 aliphatic carbocycles. The van der Waals surface area contributed by atoms with E-state index in [4.69, 9.17) is 9.47 Å². The van der Waals surface area contributed by atoms with E-state index in [1.807, 2.05) is 13.0 Å². The Kier molecular flexibility index (Phi) is 7.25. The lowest BCUT2D eigenvalue weighted by molar-refractivity contribution is -0.154. The number of hydrogen-bond donors (Lipinski definition) is 0. The summed E-state index contributed by atoms with van der Waals surface area (Å²) < 4.78 is 10.8. The van der Waals surface area contributed by atoms with Gasteiger partial charge < -0.3 is 9.47 Å². The third-order valence-electron chi connectivity index (χ3n) is 7.14. The molecule has 2 aliphatic rings. The van der Waals surface area contributed by atoms with E-state index in [-0.39, 0.29) is 42.3 Å². The van der Waals surface area contributed by atoms with E-state index in [0.717, 1.165) is 30.4 Å². The van der Waals surface area contributed by atoms with Crippen LogP contribution in [-0.2, 0) is 23.9 Å². The van der Waals surface area contributed by atoms with E-state index >= 15 is 0 Å². The first-order valence-corrected chi connectivity index (χ1v) is 10.3. The molecular weight excluding hydrogens is 368 g/mol. The maximum absolute atomic E-state index is 12.7. The Balaban J connectivity index is 2.53. The van der Waals surface area contributed by atoms with E-state index in [0.29, 0.717) is 12.3 Å². The number of ether oxygens (including phenoxy) is 2. The van der Waals surface area contributed by atoms with Crippen molar-refractivity contribution in [3.05, 3.63) is 36.0 Å². The molecule has 0 spiro atoms. The summed E-state index contributed by atoms with van der Waals surface area (Å²) in [6.07, 6.45) is 8.59. The van der Waals surface area contributed by atoms with Crippen LogP contribution < -0.4 is 0 Å². The van der Waals surface area contributed by atoms with Crippen LogP contribution in [-0.4, -0.2) is 30.9 Å². The SMILES string of the molecule is C=C/C(C)=C/C[C@@]1(C)[C@@H](C)CC[C@]2(COC(C)=O)C(COC(C)=O)=CC(=O)C[C@@H]21. The number of rotatable bonds is 7. The van der Waals surface area contributed by atoms with E-state index in [2.05, 4.69) is 26.5 Å². The molecule has 0 unspecified atom stereocenters. The van der Waals surface area contributed by atoms with Gasteiger partial charge in [0.2, 0.25) is 0 Å². The van der Waals surface area contributed by atoms with Crippen molar-refractivity contribution in [3.63, 3.8) is 0 Å². The van der Waals surface area contributed by atoms with Gasteiger partial charge in [0.25, 0.3) is 0 Å². The van der Waals surface area contributed by atoms with Crippen molar-refractivity contribution in [2.45, 2.75) is 60.3 Å². The normalized spacial score (nSPS) is 32.1. The Labute approximate surface area is 174 Å². The fraction of sp³-hybridized carbons (Fsp3) is 0.625. The van der Waals surface area contributed by atoms with Gasteiger partial charge in [-0.25, -0.2) is 0 Å². The smallest absolute Gasteiger partial charge is 0.302 e. The number of allylic oxidation sites excluding steroid dienone is 4. The second-order valence-corrected chi connectivity index (χ2v) is 8.91. The summed E-state index contributed by atoms with van der Waals surface area (Å²) in [4.78, 5) is 35.8. The Hall–Kier alpha value is -2.17. The molecule has 29 heavy (non-hydrogen) atoms. The molecule has 0 aromatic rings. The highest BCUT2D eigenvalue weighted by molar-refractivity contribution is 5.92. The maximum atomic E-state index is 12.7. The third-order valence-corrected chi connectivity index (χ3v) is 7.14. The Morgan fingerprint density at radius 2 is 1.90 bits per heavy atom. The van der Waals surface area contributed by atoms with Gasteiger partial charge in [-0.1, -0.05) is 38.2 Å². The number of hydrogen-bond acceptors (Lipinski definition) is 5. The summed E-state index contributed by atoms with van der Waals surface area (Å²) in [5, 5.41) is 0. The standard InChI is InChI=1S/C24H34O5/c1-7-16(2)8-10-23(6)17(3)9-11-24(15-29-19(5)26)20(14-28-18(4)25)12-21(27)13-22(23)24/h7-8,12,17,22H,1,9-11,13-15H2,2-6H3/b16-8+/t17-,22+,23-,24-/m0/s1. The molecule has 0 amide bonds. The van der Waals surface area contributed by atoms with Gasteiger partial charge in [-0.2, -0.15) is 0 Å².